The Labute approximate surface area is 167 Å². The summed E-state index contributed by atoms with van der Waals surface area (Å²) in [6.45, 7) is 6.07. The summed E-state index contributed by atoms with van der Waals surface area (Å²) in [4.78, 5) is 0. The van der Waals surface area contributed by atoms with E-state index in [4.69, 9.17) is 9.47 Å². The molecule has 0 aromatic heterocycles. The van der Waals surface area contributed by atoms with Gasteiger partial charge in [0.2, 0.25) is 0 Å². The van der Waals surface area contributed by atoms with E-state index in [1.807, 2.05) is 86.7 Å². The minimum absolute atomic E-state index is 0.557. The highest BCUT2D eigenvalue weighted by molar-refractivity contribution is 5.58. The topological polar surface area (TPSA) is 18.5 Å². The molecule has 142 valence electrons. The summed E-state index contributed by atoms with van der Waals surface area (Å²) in [6.07, 6.45) is 7.53. The molecule has 2 nitrogen and oxygen atoms in total. The van der Waals surface area contributed by atoms with Crippen molar-refractivity contribution in [2.75, 3.05) is 0 Å². The molecule has 3 rings (SSSR count). The maximum absolute atomic E-state index is 6.36. The summed E-state index contributed by atoms with van der Waals surface area (Å²) in [7, 11) is 0. The number of rotatable bonds is 7. The molecule has 2 heteroatoms. The molecule has 0 aliphatic rings. The number of allylic oxidation sites excluding steroid dienone is 2. The maximum Gasteiger partial charge on any atom is 0.267 e. The molecule has 0 heterocycles. The van der Waals surface area contributed by atoms with Crippen LogP contribution in [-0.2, 0) is 0 Å². The Hall–Kier alpha value is -3.26. The normalized spacial score (nSPS) is 11.4. The Kier molecular flexibility index (Phi) is 6.69. The lowest BCUT2D eigenvalue weighted by molar-refractivity contribution is 0.00348. The van der Waals surface area contributed by atoms with Gasteiger partial charge >= 0.3 is 0 Å². The smallest absolute Gasteiger partial charge is 0.267 e. The highest BCUT2D eigenvalue weighted by Crippen LogP contribution is 2.31. The summed E-state index contributed by atoms with van der Waals surface area (Å²) in [5.74, 6) is 1.57. The fourth-order valence-corrected chi connectivity index (χ4v) is 2.92. The van der Waals surface area contributed by atoms with Gasteiger partial charge < -0.3 is 9.47 Å². The first-order valence-electron chi connectivity index (χ1n) is 9.54. The standard InChI is InChI=1S/C26H26O2/c1-4-10-21-12-6-8-14-24(21)27-26(23-18-16-20(3)17-19-23)28-25-15-9-7-13-22(25)11-5-2/h4-19,26H,1-3H3/b10-4-,11-5-. The van der Waals surface area contributed by atoms with Crippen LogP contribution in [-0.4, -0.2) is 0 Å². The molecule has 0 saturated heterocycles. The quantitative estimate of drug-likeness (QED) is 0.409. The molecule has 0 spiro atoms. The molecule has 0 N–H and O–H groups in total. The van der Waals surface area contributed by atoms with Crippen LogP contribution in [0, 0.1) is 6.92 Å². The van der Waals surface area contributed by atoms with Gasteiger partial charge in [-0.2, -0.15) is 0 Å². The molecule has 3 aromatic rings. The lowest BCUT2D eigenvalue weighted by Crippen LogP contribution is -2.16. The van der Waals surface area contributed by atoms with E-state index >= 15 is 0 Å². The van der Waals surface area contributed by atoms with Gasteiger partial charge in [-0.05, 0) is 32.9 Å². The zero-order chi connectivity index (χ0) is 19.8. The van der Waals surface area contributed by atoms with Gasteiger partial charge in [0.1, 0.15) is 11.5 Å². The third-order valence-electron chi connectivity index (χ3n) is 4.35. The Bertz CT molecular complexity index is 895. The second-order valence-corrected chi connectivity index (χ2v) is 6.55. The number of ether oxygens (including phenoxy) is 2. The van der Waals surface area contributed by atoms with Gasteiger partial charge in [-0.25, -0.2) is 0 Å². The molecule has 0 bridgehead atoms. The predicted octanol–water partition coefficient (Wildman–Crippen LogP) is 7.22. The first-order valence-corrected chi connectivity index (χ1v) is 9.54. The molecule has 28 heavy (non-hydrogen) atoms. The van der Waals surface area contributed by atoms with Gasteiger partial charge in [0.15, 0.2) is 0 Å². The number of hydrogen-bond acceptors (Lipinski definition) is 2. The molecule has 0 unspecified atom stereocenters. The van der Waals surface area contributed by atoms with Gasteiger partial charge in [0, 0.05) is 16.7 Å². The second kappa shape index (κ2) is 9.61. The third kappa shape index (κ3) is 4.92. The minimum atomic E-state index is -0.557. The van der Waals surface area contributed by atoms with Crippen molar-refractivity contribution in [3.63, 3.8) is 0 Å². The monoisotopic (exact) mass is 370 g/mol. The Morgan fingerprint density at radius 3 is 1.57 bits per heavy atom. The molecule has 0 aliphatic heterocycles. The largest absolute Gasteiger partial charge is 0.450 e. The average Bonchev–Trinajstić information content (AvgIpc) is 2.71. The van der Waals surface area contributed by atoms with Gasteiger partial charge in [0.05, 0.1) is 0 Å². The third-order valence-corrected chi connectivity index (χ3v) is 4.35. The zero-order valence-corrected chi connectivity index (χ0v) is 16.6. The second-order valence-electron chi connectivity index (χ2n) is 6.55. The van der Waals surface area contributed by atoms with Crippen LogP contribution in [0.25, 0.3) is 12.2 Å². The fraction of sp³-hybridized carbons (Fsp3) is 0.154. The minimum Gasteiger partial charge on any atom is -0.450 e. The van der Waals surface area contributed by atoms with Crippen LogP contribution in [0.4, 0.5) is 0 Å². The summed E-state index contributed by atoms with van der Waals surface area (Å²) in [6, 6.07) is 24.2. The van der Waals surface area contributed by atoms with Crippen LogP contribution in [0.3, 0.4) is 0 Å². The molecule has 0 saturated carbocycles. The molecular formula is C26H26O2. The van der Waals surface area contributed by atoms with E-state index in [0.29, 0.717) is 0 Å². The van der Waals surface area contributed by atoms with Crippen molar-refractivity contribution >= 4 is 12.2 Å². The summed E-state index contributed by atoms with van der Waals surface area (Å²) < 4.78 is 12.7. The fourth-order valence-electron chi connectivity index (χ4n) is 2.92. The lowest BCUT2D eigenvalue weighted by Gasteiger charge is -2.23. The van der Waals surface area contributed by atoms with E-state index in [9.17, 15) is 0 Å². The van der Waals surface area contributed by atoms with Crippen LogP contribution >= 0.6 is 0 Å². The average molecular weight is 370 g/mol. The predicted molar refractivity (Wildman–Crippen MR) is 117 cm³/mol. The van der Waals surface area contributed by atoms with Crippen molar-refractivity contribution in [3.8, 4) is 11.5 Å². The van der Waals surface area contributed by atoms with Crippen molar-refractivity contribution in [1.82, 2.24) is 0 Å². The molecule has 0 amide bonds. The van der Waals surface area contributed by atoms with Gasteiger partial charge in [-0.1, -0.05) is 90.5 Å². The van der Waals surface area contributed by atoms with Crippen LogP contribution < -0.4 is 9.47 Å². The lowest BCUT2D eigenvalue weighted by atomic mass is 10.1. The van der Waals surface area contributed by atoms with Crippen molar-refractivity contribution < 1.29 is 9.47 Å². The van der Waals surface area contributed by atoms with Gasteiger partial charge in [0.25, 0.3) is 6.29 Å². The van der Waals surface area contributed by atoms with Gasteiger partial charge in [-0.15, -0.1) is 0 Å². The van der Waals surface area contributed by atoms with Crippen molar-refractivity contribution in [2.45, 2.75) is 27.1 Å². The number of benzene rings is 3. The molecule has 0 aliphatic carbocycles. The van der Waals surface area contributed by atoms with Crippen molar-refractivity contribution in [2.24, 2.45) is 0 Å². The number of hydrogen-bond donors (Lipinski definition) is 0. The van der Waals surface area contributed by atoms with E-state index in [1.165, 1.54) is 5.56 Å². The van der Waals surface area contributed by atoms with E-state index in [1.54, 1.807) is 0 Å². The summed E-state index contributed by atoms with van der Waals surface area (Å²) >= 11 is 0. The van der Waals surface area contributed by atoms with E-state index in [0.717, 1.165) is 28.2 Å². The Balaban J connectivity index is 1.98. The van der Waals surface area contributed by atoms with Crippen LogP contribution in [0.5, 0.6) is 11.5 Å². The van der Waals surface area contributed by atoms with Gasteiger partial charge in [-0.3, -0.25) is 0 Å². The molecule has 0 radical (unpaired) electrons. The molecular weight excluding hydrogens is 344 g/mol. The molecule has 0 atom stereocenters. The Morgan fingerprint density at radius 1 is 0.643 bits per heavy atom. The van der Waals surface area contributed by atoms with Crippen LogP contribution in [0.2, 0.25) is 0 Å². The van der Waals surface area contributed by atoms with Crippen LogP contribution in [0.1, 0.15) is 42.4 Å². The Morgan fingerprint density at radius 2 is 1.11 bits per heavy atom. The number of para-hydroxylation sites is 2. The highest BCUT2D eigenvalue weighted by Gasteiger charge is 2.18. The summed E-state index contributed by atoms with van der Waals surface area (Å²) in [5, 5.41) is 0. The first-order chi connectivity index (χ1) is 13.7. The first kappa shape index (κ1) is 19.5. The number of aryl methyl sites for hydroxylation is 1. The zero-order valence-electron chi connectivity index (χ0n) is 16.6. The van der Waals surface area contributed by atoms with Crippen molar-refractivity contribution in [3.05, 3.63) is 107 Å². The van der Waals surface area contributed by atoms with E-state index in [2.05, 4.69) is 31.2 Å². The van der Waals surface area contributed by atoms with E-state index in [-0.39, 0.29) is 0 Å². The SMILES string of the molecule is C/C=C\c1ccccc1OC(Oc1ccccc1/C=C\C)c1ccc(C)cc1. The van der Waals surface area contributed by atoms with Crippen LogP contribution in [0.15, 0.2) is 84.9 Å². The van der Waals surface area contributed by atoms with Crippen molar-refractivity contribution in [1.29, 1.82) is 0 Å². The maximum atomic E-state index is 6.36. The highest BCUT2D eigenvalue weighted by atomic mass is 16.7. The molecule has 0 fully saturated rings. The van der Waals surface area contributed by atoms with E-state index < -0.39 is 6.29 Å². The summed E-state index contributed by atoms with van der Waals surface area (Å²) in [5.41, 5.74) is 4.21. The molecule has 3 aromatic carbocycles.